The molecule has 1 aromatic carbocycles. The van der Waals surface area contributed by atoms with Crippen LogP contribution in [0.25, 0.3) is 0 Å². The quantitative estimate of drug-likeness (QED) is 0.618. The van der Waals surface area contributed by atoms with Crippen molar-refractivity contribution < 1.29 is 33.0 Å². The van der Waals surface area contributed by atoms with Gasteiger partial charge in [-0.25, -0.2) is 9.59 Å². The molecule has 1 amide bonds. The molecule has 2 N–H and O–H groups in total. The first-order valence-electron chi connectivity index (χ1n) is 7.48. The summed E-state index contributed by atoms with van der Waals surface area (Å²) in [5.41, 5.74) is 0.758. The number of alkyl carbamates (subject to hydrolysis) is 1. The van der Waals surface area contributed by atoms with Gasteiger partial charge in [0.1, 0.15) is 12.6 Å². The molecule has 0 aliphatic rings. The molecule has 0 fully saturated rings. The maximum atomic E-state index is 12.4. The third-order valence-electron chi connectivity index (χ3n) is 2.86. The Morgan fingerprint density at radius 1 is 1.17 bits per heavy atom. The summed E-state index contributed by atoms with van der Waals surface area (Å²) in [6.45, 7) is 3.42. The zero-order valence-electron chi connectivity index (χ0n) is 13.6. The van der Waals surface area contributed by atoms with Crippen LogP contribution in [0.1, 0.15) is 19.4 Å². The molecule has 0 bridgehead atoms. The minimum absolute atomic E-state index is 0.00636. The SMILES string of the molecule is CCOP(=O)(CC(NC(=O)OCc1ccccc1)C(=O)O)OCC. The summed E-state index contributed by atoms with van der Waals surface area (Å²) in [4.78, 5) is 23.1. The molecule has 0 aliphatic carbocycles. The molecule has 1 rings (SSSR count). The van der Waals surface area contributed by atoms with Crippen LogP contribution in [0.2, 0.25) is 0 Å². The van der Waals surface area contributed by atoms with E-state index >= 15 is 0 Å². The van der Waals surface area contributed by atoms with E-state index in [-0.39, 0.29) is 19.8 Å². The molecule has 24 heavy (non-hydrogen) atoms. The molecule has 0 saturated heterocycles. The Balaban J connectivity index is 2.62. The molecule has 0 aliphatic heterocycles. The molecule has 1 atom stereocenters. The topological polar surface area (TPSA) is 111 Å². The molecule has 0 saturated carbocycles. The lowest BCUT2D eigenvalue weighted by molar-refractivity contribution is -0.138. The zero-order valence-corrected chi connectivity index (χ0v) is 14.5. The highest BCUT2D eigenvalue weighted by Crippen LogP contribution is 2.48. The Kier molecular flexibility index (Phi) is 8.46. The van der Waals surface area contributed by atoms with Crippen molar-refractivity contribution in [1.82, 2.24) is 5.32 Å². The van der Waals surface area contributed by atoms with Crippen LogP contribution in [0.4, 0.5) is 4.79 Å². The molecule has 134 valence electrons. The Morgan fingerprint density at radius 3 is 2.25 bits per heavy atom. The van der Waals surface area contributed by atoms with E-state index in [0.29, 0.717) is 0 Å². The minimum Gasteiger partial charge on any atom is -0.480 e. The van der Waals surface area contributed by atoms with Crippen LogP contribution >= 0.6 is 7.60 Å². The molecular formula is C15H22NO7P. The first-order valence-corrected chi connectivity index (χ1v) is 9.21. The highest BCUT2D eigenvalue weighted by atomic mass is 31.2. The number of benzene rings is 1. The highest BCUT2D eigenvalue weighted by Gasteiger charge is 2.33. The van der Waals surface area contributed by atoms with Crippen LogP contribution in [0.5, 0.6) is 0 Å². The van der Waals surface area contributed by atoms with Crippen LogP contribution in [0, 0.1) is 0 Å². The average Bonchev–Trinajstić information content (AvgIpc) is 2.53. The van der Waals surface area contributed by atoms with Crippen molar-refractivity contribution in [3.05, 3.63) is 35.9 Å². The second-order valence-corrected chi connectivity index (χ2v) is 6.83. The van der Waals surface area contributed by atoms with Crippen molar-refractivity contribution in [1.29, 1.82) is 0 Å². The number of aliphatic carboxylic acids is 1. The second-order valence-electron chi connectivity index (χ2n) is 4.73. The van der Waals surface area contributed by atoms with Gasteiger partial charge in [0, 0.05) is 0 Å². The maximum absolute atomic E-state index is 12.4. The van der Waals surface area contributed by atoms with Gasteiger partial charge in [0.05, 0.1) is 19.4 Å². The number of hydrogen-bond acceptors (Lipinski definition) is 6. The largest absolute Gasteiger partial charge is 0.480 e. The summed E-state index contributed by atoms with van der Waals surface area (Å²) in [6.07, 6.45) is -1.41. The Labute approximate surface area is 140 Å². The summed E-state index contributed by atoms with van der Waals surface area (Å²) < 4.78 is 27.4. The van der Waals surface area contributed by atoms with E-state index in [4.69, 9.17) is 13.8 Å². The van der Waals surface area contributed by atoms with Crippen LogP contribution in [0.3, 0.4) is 0 Å². The zero-order chi connectivity index (χ0) is 18.0. The van der Waals surface area contributed by atoms with E-state index < -0.39 is 31.9 Å². The van der Waals surface area contributed by atoms with Gasteiger partial charge in [0.25, 0.3) is 0 Å². The van der Waals surface area contributed by atoms with Gasteiger partial charge in [-0.1, -0.05) is 30.3 Å². The number of carboxylic acid groups (broad SMARTS) is 1. The summed E-state index contributed by atoms with van der Waals surface area (Å²) in [6, 6.07) is 7.48. The monoisotopic (exact) mass is 359 g/mol. The van der Waals surface area contributed by atoms with E-state index in [1.54, 1.807) is 38.1 Å². The highest BCUT2D eigenvalue weighted by molar-refractivity contribution is 7.54. The predicted octanol–water partition coefficient (Wildman–Crippen LogP) is 2.63. The van der Waals surface area contributed by atoms with E-state index in [0.717, 1.165) is 5.56 Å². The van der Waals surface area contributed by atoms with Crippen LogP contribution < -0.4 is 5.32 Å². The molecule has 8 nitrogen and oxygen atoms in total. The number of carboxylic acids is 1. The number of ether oxygens (including phenoxy) is 1. The summed E-state index contributed by atoms with van der Waals surface area (Å²) >= 11 is 0. The number of amides is 1. The van der Waals surface area contributed by atoms with Gasteiger partial charge in [-0.15, -0.1) is 0 Å². The van der Waals surface area contributed by atoms with Crippen LogP contribution in [-0.4, -0.2) is 42.6 Å². The van der Waals surface area contributed by atoms with Gasteiger partial charge < -0.3 is 24.2 Å². The summed E-state index contributed by atoms with van der Waals surface area (Å²) in [5, 5.41) is 11.4. The van der Waals surface area contributed by atoms with E-state index in [1.165, 1.54) is 0 Å². The molecule has 9 heteroatoms. The van der Waals surface area contributed by atoms with Gasteiger partial charge in [-0.3, -0.25) is 4.57 Å². The van der Waals surface area contributed by atoms with Gasteiger partial charge in [0.2, 0.25) is 0 Å². The van der Waals surface area contributed by atoms with Crippen molar-refractivity contribution in [2.45, 2.75) is 26.5 Å². The normalized spacial score (nSPS) is 12.4. The van der Waals surface area contributed by atoms with Crippen molar-refractivity contribution >= 4 is 19.7 Å². The number of carbonyl (C=O) groups is 2. The second kappa shape index (κ2) is 10.1. The van der Waals surface area contributed by atoms with Crippen LogP contribution in [0.15, 0.2) is 30.3 Å². The number of hydrogen-bond donors (Lipinski definition) is 2. The lowest BCUT2D eigenvalue weighted by Crippen LogP contribution is -2.43. The Bertz CT molecular complexity index is 568. The van der Waals surface area contributed by atoms with Gasteiger partial charge in [0.15, 0.2) is 0 Å². The molecule has 1 unspecified atom stereocenters. The van der Waals surface area contributed by atoms with E-state index in [2.05, 4.69) is 5.32 Å². The first-order chi connectivity index (χ1) is 11.4. The summed E-state index contributed by atoms with van der Waals surface area (Å²) in [5.74, 6) is -1.36. The lowest BCUT2D eigenvalue weighted by Gasteiger charge is -2.21. The fourth-order valence-corrected chi connectivity index (χ4v) is 3.62. The third kappa shape index (κ3) is 7.12. The molecule has 0 radical (unpaired) electrons. The fourth-order valence-electron chi connectivity index (χ4n) is 1.85. The number of carbonyl (C=O) groups excluding carboxylic acids is 1. The van der Waals surface area contributed by atoms with Crippen LogP contribution in [-0.2, 0) is 29.8 Å². The predicted molar refractivity (Wildman–Crippen MR) is 86.9 cm³/mol. The summed E-state index contributed by atoms with van der Waals surface area (Å²) in [7, 11) is -3.61. The van der Waals surface area contributed by atoms with Crippen molar-refractivity contribution in [3.63, 3.8) is 0 Å². The molecule has 0 spiro atoms. The smallest absolute Gasteiger partial charge is 0.408 e. The van der Waals surface area contributed by atoms with Crippen molar-refractivity contribution in [2.75, 3.05) is 19.4 Å². The average molecular weight is 359 g/mol. The molecular weight excluding hydrogens is 337 g/mol. The Morgan fingerprint density at radius 2 is 1.75 bits per heavy atom. The van der Waals surface area contributed by atoms with Gasteiger partial charge in [-0.2, -0.15) is 0 Å². The molecule has 0 heterocycles. The molecule has 1 aromatic rings. The standard InChI is InChI=1S/C15H22NO7P/c1-3-22-24(20,23-4-2)11-13(14(17)18)16-15(19)21-10-12-8-6-5-7-9-12/h5-9,13H,3-4,10-11H2,1-2H3,(H,16,19)(H,17,18). The first kappa shape index (κ1) is 20.2. The maximum Gasteiger partial charge on any atom is 0.408 e. The van der Waals surface area contributed by atoms with E-state index in [1.807, 2.05) is 6.07 Å². The Hall–Kier alpha value is -1.89. The van der Waals surface area contributed by atoms with Gasteiger partial charge in [-0.05, 0) is 19.4 Å². The fraction of sp³-hybridized carbons (Fsp3) is 0.467. The van der Waals surface area contributed by atoms with Crippen molar-refractivity contribution in [2.24, 2.45) is 0 Å². The minimum atomic E-state index is -3.61. The van der Waals surface area contributed by atoms with Gasteiger partial charge >= 0.3 is 19.7 Å². The van der Waals surface area contributed by atoms with E-state index in [9.17, 15) is 19.3 Å². The number of nitrogens with one attached hydrogen (secondary N) is 1. The lowest BCUT2D eigenvalue weighted by atomic mass is 10.2. The van der Waals surface area contributed by atoms with Crippen molar-refractivity contribution in [3.8, 4) is 0 Å². The third-order valence-corrected chi connectivity index (χ3v) is 4.98. The molecule has 0 aromatic heterocycles. The number of rotatable bonds is 10.